The zero-order valence-electron chi connectivity index (χ0n) is 9.92. The molecule has 0 aromatic carbocycles. The Balaban J connectivity index is 2.58. The van der Waals surface area contributed by atoms with Gasteiger partial charge in [0.25, 0.3) is 0 Å². The lowest BCUT2D eigenvalue weighted by Gasteiger charge is -2.44. The van der Waals surface area contributed by atoms with Crippen LogP contribution in [-0.2, 0) is 4.79 Å². The molecule has 0 atom stereocenters. The van der Waals surface area contributed by atoms with Crippen LogP contribution in [-0.4, -0.2) is 47.9 Å². The Morgan fingerprint density at radius 1 is 1.47 bits per heavy atom. The molecule has 0 spiro atoms. The third-order valence-electron chi connectivity index (χ3n) is 3.12. The summed E-state index contributed by atoms with van der Waals surface area (Å²) in [6, 6.07) is 0. The lowest BCUT2D eigenvalue weighted by Crippen LogP contribution is -2.62. The smallest absolute Gasteiger partial charge is 0.242 e. The summed E-state index contributed by atoms with van der Waals surface area (Å²) in [4.78, 5) is 16.0. The highest BCUT2D eigenvalue weighted by atomic mass is 16.2. The molecule has 1 rings (SSSR count). The van der Waals surface area contributed by atoms with E-state index in [0.29, 0.717) is 0 Å². The van der Waals surface area contributed by atoms with Gasteiger partial charge in [-0.15, -0.1) is 12.3 Å². The molecular formula is C12H20N2O. The van der Waals surface area contributed by atoms with Crippen molar-refractivity contribution in [3.8, 4) is 12.3 Å². The number of piperazine rings is 1. The molecule has 1 aliphatic rings. The van der Waals surface area contributed by atoms with Gasteiger partial charge in [-0.25, -0.2) is 0 Å². The molecule has 0 radical (unpaired) electrons. The highest BCUT2D eigenvalue weighted by Crippen LogP contribution is 2.21. The van der Waals surface area contributed by atoms with Gasteiger partial charge in [0.2, 0.25) is 5.91 Å². The number of nitrogens with zero attached hydrogens (tertiary/aromatic N) is 2. The Morgan fingerprint density at radius 2 is 2.13 bits per heavy atom. The van der Waals surface area contributed by atoms with Gasteiger partial charge in [0.1, 0.15) is 0 Å². The summed E-state index contributed by atoms with van der Waals surface area (Å²) in [7, 11) is 1.86. The van der Waals surface area contributed by atoms with Gasteiger partial charge in [-0.05, 0) is 20.3 Å². The zero-order chi connectivity index (χ0) is 11.5. The Morgan fingerprint density at radius 3 is 2.73 bits per heavy atom. The largest absolute Gasteiger partial charge is 0.343 e. The molecule has 1 heterocycles. The number of terminal acetylenes is 1. The maximum Gasteiger partial charge on any atom is 0.242 e. The molecule has 0 N–H and O–H groups in total. The number of unbranched alkanes of at least 4 members (excludes halogenated alkanes) is 1. The minimum atomic E-state index is -0.373. The fraction of sp³-hybridized carbons (Fsp3) is 0.750. The first-order valence-corrected chi connectivity index (χ1v) is 5.44. The van der Waals surface area contributed by atoms with E-state index in [-0.39, 0.29) is 11.4 Å². The van der Waals surface area contributed by atoms with Crippen LogP contribution in [0.15, 0.2) is 0 Å². The summed E-state index contributed by atoms with van der Waals surface area (Å²) in [5.41, 5.74) is -0.373. The number of amides is 1. The second-order valence-corrected chi connectivity index (χ2v) is 4.58. The first kappa shape index (κ1) is 12.1. The quantitative estimate of drug-likeness (QED) is 0.509. The van der Waals surface area contributed by atoms with Gasteiger partial charge in [-0.1, -0.05) is 0 Å². The van der Waals surface area contributed by atoms with Crippen LogP contribution >= 0.6 is 0 Å². The van der Waals surface area contributed by atoms with Crippen molar-refractivity contribution >= 4 is 5.91 Å². The van der Waals surface area contributed by atoms with Gasteiger partial charge in [0.05, 0.1) is 5.54 Å². The van der Waals surface area contributed by atoms with E-state index in [0.717, 1.165) is 32.5 Å². The van der Waals surface area contributed by atoms with Crippen LogP contribution < -0.4 is 0 Å². The number of hydrogen-bond donors (Lipinski definition) is 0. The van der Waals surface area contributed by atoms with Crippen molar-refractivity contribution in [3.63, 3.8) is 0 Å². The maximum atomic E-state index is 11.9. The summed E-state index contributed by atoms with van der Waals surface area (Å²) in [6.45, 7) is 6.65. The van der Waals surface area contributed by atoms with Crippen molar-refractivity contribution in [1.29, 1.82) is 0 Å². The average Bonchev–Trinajstić information content (AvgIpc) is 2.19. The predicted octanol–water partition coefficient (Wildman–Crippen LogP) is 0.952. The van der Waals surface area contributed by atoms with E-state index < -0.39 is 0 Å². The molecule has 0 unspecified atom stereocenters. The highest BCUT2D eigenvalue weighted by Gasteiger charge is 2.39. The second kappa shape index (κ2) is 4.67. The molecule has 1 saturated heterocycles. The van der Waals surface area contributed by atoms with E-state index in [9.17, 15) is 4.79 Å². The van der Waals surface area contributed by atoms with E-state index in [1.54, 1.807) is 4.90 Å². The molecule has 0 saturated carbocycles. The van der Waals surface area contributed by atoms with E-state index >= 15 is 0 Å². The van der Waals surface area contributed by atoms with E-state index in [1.807, 2.05) is 20.9 Å². The molecule has 0 aromatic rings. The van der Waals surface area contributed by atoms with Crippen molar-refractivity contribution in [2.75, 3.05) is 26.7 Å². The molecule has 3 nitrogen and oxygen atoms in total. The van der Waals surface area contributed by atoms with Gasteiger partial charge in [0, 0.05) is 33.1 Å². The van der Waals surface area contributed by atoms with Crippen LogP contribution in [0, 0.1) is 12.3 Å². The molecule has 3 heteroatoms. The molecule has 1 amide bonds. The lowest BCUT2D eigenvalue weighted by molar-refractivity contribution is -0.147. The van der Waals surface area contributed by atoms with Crippen LogP contribution in [0.2, 0.25) is 0 Å². The predicted molar refractivity (Wildman–Crippen MR) is 61.4 cm³/mol. The third-order valence-corrected chi connectivity index (χ3v) is 3.12. The monoisotopic (exact) mass is 208 g/mol. The Labute approximate surface area is 92.4 Å². The summed E-state index contributed by atoms with van der Waals surface area (Å²) >= 11 is 0. The molecular weight excluding hydrogens is 188 g/mol. The molecule has 15 heavy (non-hydrogen) atoms. The topological polar surface area (TPSA) is 23.6 Å². The molecule has 1 aliphatic heterocycles. The van der Waals surface area contributed by atoms with Crippen LogP contribution in [0.3, 0.4) is 0 Å². The molecule has 0 aliphatic carbocycles. The van der Waals surface area contributed by atoms with E-state index in [4.69, 9.17) is 6.42 Å². The molecule has 84 valence electrons. The Bertz CT molecular complexity index is 278. The van der Waals surface area contributed by atoms with Crippen molar-refractivity contribution in [1.82, 2.24) is 9.80 Å². The summed E-state index contributed by atoms with van der Waals surface area (Å²) in [5.74, 6) is 2.84. The normalized spacial score (nSPS) is 21.5. The van der Waals surface area contributed by atoms with Crippen molar-refractivity contribution < 1.29 is 4.79 Å². The van der Waals surface area contributed by atoms with Crippen LogP contribution in [0.1, 0.15) is 26.7 Å². The zero-order valence-corrected chi connectivity index (χ0v) is 9.92. The van der Waals surface area contributed by atoms with Gasteiger partial charge in [-0.3, -0.25) is 9.69 Å². The van der Waals surface area contributed by atoms with E-state index in [1.165, 1.54) is 0 Å². The molecule has 1 fully saturated rings. The molecule has 0 bridgehead atoms. The maximum absolute atomic E-state index is 11.9. The second-order valence-electron chi connectivity index (χ2n) is 4.58. The highest BCUT2D eigenvalue weighted by molar-refractivity contribution is 5.86. The first-order chi connectivity index (χ1) is 7.00. The Kier molecular flexibility index (Phi) is 3.76. The minimum absolute atomic E-state index is 0.203. The first-order valence-electron chi connectivity index (χ1n) is 5.44. The van der Waals surface area contributed by atoms with Crippen LogP contribution in [0.4, 0.5) is 0 Å². The summed E-state index contributed by atoms with van der Waals surface area (Å²) < 4.78 is 0. The lowest BCUT2D eigenvalue weighted by atomic mass is 9.97. The molecule has 0 aromatic heterocycles. The van der Waals surface area contributed by atoms with E-state index in [2.05, 4.69) is 10.8 Å². The van der Waals surface area contributed by atoms with Gasteiger partial charge in [-0.2, -0.15) is 0 Å². The fourth-order valence-corrected chi connectivity index (χ4v) is 2.02. The van der Waals surface area contributed by atoms with Crippen LogP contribution in [0.5, 0.6) is 0 Å². The van der Waals surface area contributed by atoms with Crippen molar-refractivity contribution in [3.05, 3.63) is 0 Å². The summed E-state index contributed by atoms with van der Waals surface area (Å²) in [6.07, 6.45) is 6.97. The Hall–Kier alpha value is -1.01. The summed E-state index contributed by atoms with van der Waals surface area (Å²) in [5, 5.41) is 0. The minimum Gasteiger partial charge on any atom is -0.343 e. The third kappa shape index (κ3) is 2.51. The van der Waals surface area contributed by atoms with Crippen molar-refractivity contribution in [2.24, 2.45) is 0 Å². The van der Waals surface area contributed by atoms with Gasteiger partial charge < -0.3 is 4.90 Å². The fourth-order valence-electron chi connectivity index (χ4n) is 2.02. The number of likely N-dealkylation sites (N-methyl/N-ethyl adjacent to an activating group) is 1. The SMILES string of the molecule is C#CCCCN1CCN(C)C(=O)C1(C)C. The average molecular weight is 208 g/mol. The number of carbonyl (C=O) groups is 1. The van der Waals surface area contributed by atoms with Gasteiger partial charge >= 0.3 is 0 Å². The number of carbonyl (C=O) groups excluding carboxylic acids is 1. The van der Waals surface area contributed by atoms with Crippen LogP contribution in [0.25, 0.3) is 0 Å². The van der Waals surface area contributed by atoms with Crippen molar-refractivity contribution in [2.45, 2.75) is 32.2 Å². The standard InChI is InChI=1S/C12H20N2O/c1-5-6-7-8-14-10-9-13(4)11(15)12(14,2)3/h1H,6-10H2,2-4H3. The number of hydrogen-bond acceptors (Lipinski definition) is 2. The number of rotatable bonds is 3. The van der Waals surface area contributed by atoms with Gasteiger partial charge in [0.15, 0.2) is 0 Å².